The number of rotatable bonds is 5. The van der Waals surface area contributed by atoms with Gasteiger partial charge in [0.15, 0.2) is 0 Å². The van der Waals surface area contributed by atoms with E-state index < -0.39 is 0 Å². The van der Waals surface area contributed by atoms with Crippen molar-refractivity contribution in [1.29, 1.82) is 0 Å². The van der Waals surface area contributed by atoms with Crippen LogP contribution in [-0.4, -0.2) is 18.4 Å². The highest BCUT2D eigenvalue weighted by atomic mass is 16.2. The third-order valence-corrected chi connectivity index (χ3v) is 4.72. The standard InChI is InChI=1S/C21H24N2O2/c1-3-16-7-9-17(10-8-16)11-12-20(25)22-19-6-4-5-18-13-14-23(15(2)24)21(18)19/h4-10H,3,11-14H2,1-2H3,(H,22,25). The number of benzene rings is 2. The van der Waals surface area contributed by atoms with Gasteiger partial charge in [0.05, 0.1) is 11.4 Å². The molecule has 130 valence electrons. The van der Waals surface area contributed by atoms with Gasteiger partial charge in [-0.3, -0.25) is 9.59 Å². The number of nitrogens with zero attached hydrogens (tertiary/aromatic N) is 1. The zero-order valence-corrected chi connectivity index (χ0v) is 14.8. The molecule has 0 fully saturated rings. The van der Waals surface area contributed by atoms with Crippen molar-refractivity contribution in [3.8, 4) is 0 Å². The van der Waals surface area contributed by atoms with Crippen LogP contribution in [0.25, 0.3) is 0 Å². The van der Waals surface area contributed by atoms with Crippen LogP contribution in [0, 0.1) is 0 Å². The van der Waals surface area contributed by atoms with E-state index in [4.69, 9.17) is 0 Å². The number of aryl methyl sites for hydroxylation is 2. The zero-order chi connectivity index (χ0) is 17.8. The Morgan fingerprint density at radius 1 is 1.08 bits per heavy atom. The van der Waals surface area contributed by atoms with Crippen LogP contribution in [0.4, 0.5) is 11.4 Å². The summed E-state index contributed by atoms with van der Waals surface area (Å²) in [5, 5.41) is 2.99. The quantitative estimate of drug-likeness (QED) is 0.904. The summed E-state index contributed by atoms with van der Waals surface area (Å²) in [6.07, 6.45) is 2.99. The number of nitrogens with one attached hydrogen (secondary N) is 1. The van der Waals surface area contributed by atoms with Gasteiger partial charge in [-0.25, -0.2) is 0 Å². The first-order valence-corrected chi connectivity index (χ1v) is 8.86. The third-order valence-electron chi connectivity index (χ3n) is 4.72. The number of carbonyl (C=O) groups excluding carboxylic acids is 2. The Morgan fingerprint density at radius 3 is 2.48 bits per heavy atom. The second-order valence-electron chi connectivity index (χ2n) is 6.45. The molecule has 0 atom stereocenters. The minimum atomic E-state index is -0.0247. The molecule has 2 amide bonds. The highest BCUT2D eigenvalue weighted by Gasteiger charge is 2.25. The van der Waals surface area contributed by atoms with Gasteiger partial charge in [-0.1, -0.05) is 43.3 Å². The minimum Gasteiger partial charge on any atom is -0.324 e. The van der Waals surface area contributed by atoms with Crippen LogP contribution in [-0.2, 0) is 28.9 Å². The molecule has 3 rings (SSSR count). The van der Waals surface area contributed by atoms with Crippen molar-refractivity contribution in [3.63, 3.8) is 0 Å². The van der Waals surface area contributed by atoms with Crippen LogP contribution in [0.15, 0.2) is 42.5 Å². The number of anilines is 2. The molecule has 4 nitrogen and oxygen atoms in total. The van der Waals surface area contributed by atoms with Gasteiger partial charge < -0.3 is 10.2 Å². The molecule has 0 unspecified atom stereocenters. The monoisotopic (exact) mass is 336 g/mol. The van der Waals surface area contributed by atoms with Crippen molar-refractivity contribution in [2.45, 2.75) is 39.5 Å². The average molecular weight is 336 g/mol. The fourth-order valence-corrected chi connectivity index (χ4v) is 3.28. The van der Waals surface area contributed by atoms with Gasteiger partial charge in [-0.15, -0.1) is 0 Å². The Kier molecular flexibility index (Phi) is 5.17. The number of amides is 2. The SMILES string of the molecule is CCc1ccc(CCC(=O)Nc2cccc3c2N(C(C)=O)CC3)cc1. The molecule has 0 bridgehead atoms. The lowest BCUT2D eigenvalue weighted by Gasteiger charge is -2.19. The van der Waals surface area contributed by atoms with Crippen molar-refractivity contribution < 1.29 is 9.59 Å². The fourth-order valence-electron chi connectivity index (χ4n) is 3.28. The van der Waals surface area contributed by atoms with Crippen LogP contribution in [0.2, 0.25) is 0 Å². The van der Waals surface area contributed by atoms with E-state index in [1.54, 1.807) is 11.8 Å². The predicted molar refractivity (Wildman–Crippen MR) is 101 cm³/mol. The highest BCUT2D eigenvalue weighted by molar-refractivity contribution is 6.02. The summed E-state index contributed by atoms with van der Waals surface area (Å²) in [4.78, 5) is 25.9. The Hall–Kier alpha value is -2.62. The molecular weight excluding hydrogens is 312 g/mol. The summed E-state index contributed by atoms with van der Waals surface area (Å²) < 4.78 is 0. The maximum absolute atomic E-state index is 12.4. The van der Waals surface area contributed by atoms with E-state index >= 15 is 0 Å². The highest BCUT2D eigenvalue weighted by Crippen LogP contribution is 2.35. The first kappa shape index (κ1) is 17.2. The largest absolute Gasteiger partial charge is 0.324 e. The number of hydrogen-bond donors (Lipinski definition) is 1. The van der Waals surface area contributed by atoms with Crippen LogP contribution < -0.4 is 10.2 Å². The average Bonchev–Trinajstić information content (AvgIpc) is 3.06. The lowest BCUT2D eigenvalue weighted by atomic mass is 10.1. The molecule has 2 aromatic carbocycles. The maximum Gasteiger partial charge on any atom is 0.224 e. The molecule has 1 N–H and O–H groups in total. The molecule has 0 aromatic heterocycles. The fraction of sp³-hybridized carbons (Fsp3) is 0.333. The Bertz CT molecular complexity index is 781. The normalized spacial score (nSPS) is 12.8. The van der Waals surface area contributed by atoms with Crippen molar-refractivity contribution in [2.24, 2.45) is 0 Å². The maximum atomic E-state index is 12.4. The molecule has 0 saturated heterocycles. The number of fused-ring (bicyclic) bond motifs is 1. The van der Waals surface area contributed by atoms with Crippen LogP contribution in [0.3, 0.4) is 0 Å². The molecule has 2 aromatic rings. The van der Waals surface area contributed by atoms with E-state index in [0.29, 0.717) is 19.4 Å². The van der Waals surface area contributed by atoms with Crippen LogP contribution in [0.1, 0.15) is 37.0 Å². The van der Waals surface area contributed by atoms with E-state index in [1.165, 1.54) is 5.56 Å². The van der Waals surface area contributed by atoms with Gasteiger partial charge in [0.1, 0.15) is 0 Å². The molecule has 1 aliphatic heterocycles. The molecule has 1 heterocycles. The second-order valence-corrected chi connectivity index (χ2v) is 6.45. The first-order chi connectivity index (χ1) is 12.1. The predicted octanol–water partition coefficient (Wildman–Crippen LogP) is 3.73. The van der Waals surface area contributed by atoms with Gasteiger partial charge in [0.25, 0.3) is 0 Å². The summed E-state index contributed by atoms with van der Waals surface area (Å²) >= 11 is 0. The molecule has 0 radical (unpaired) electrons. The number of carbonyl (C=O) groups is 2. The summed E-state index contributed by atoms with van der Waals surface area (Å²) in [6, 6.07) is 14.2. The van der Waals surface area contributed by atoms with E-state index in [0.717, 1.165) is 35.3 Å². The van der Waals surface area contributed by atoms with Crippen molar-refractivity contribution >= 4 is 23.2 Å². The number of para-hydroxylation sites is 1. The van der Waals surface area contributed by atoms with Gasteiger partial charge in [-0.2, -0.15) is 0 Å². The molecular formula is C21H24N2O2. The van der Waals surface area contributed by atoms with E-state index in [-0.39, 0.29) is 11.8 Å². The van der Waals surface area contributed by atoms with Gasteiger partial charge in [0.2, 0.25) is 11.8 Å². The number of hydrogen-bond acceptors (Lipinski definition) is 2. The molecule has 25 heavy (non-hydrogen) atoms. The lowest BCUT2D eigenvalue weighted by molar-refractivity contribution is -0.117. The van der Waals surface area contributed by atoms with Gasteiger partial charge >= 0.3 is 0 Å². The van der Waals surface area contributed by atoms with Crippen molar-refractivity contribution in [1.82, 2.24) is 0 Å². The zero-order valence-electron chi connectivity index (χ0n) is 14.8. The molecule has 1 aliphatic rings. The first-order valence-electron chi connectivity index (χ1n) is 8.86. The lowest BCUT2D eigenvalue weighted by Crippen LogP contribution is -2.27. The van der Waals surface area contributed by atoms with Gasteiger partial charge in [-0.05, 0) is 42.0 Å². The summed E-state index contributed by atoms with van der Waals surface area (Å²) in [6.45, 7) is 4.38. The van der Waals surface area contributed by atoms with E-state index in [1.807, 2.05) is 18.2 Å². The second kappa shape index (κ2) is 7.51. The molecule has 4 heteroatoms. The molecule has 0 aliphatic carbocycles. The van der Waals surface area contributed by atoms with Crippen molar-refractivity contribution in [2.75, 3.05) is 16.8 Å². The summed E-state index contributed by atoms with van der Waals surface area (Å²) in [5.74, 6) is -0.0140. The van der Waals surface area contributed by atoms with Crippen LogP contribution in [0.5, 0.6) is 0 Å². The smallest absolute Gasteiger partial charge is 0.224 e. The Morgan fingerprint density at radius 2 is 1.80 bits per heavy atom. The van der Waals surface area contributed by atoms with E-state index in [9.17, 15) is 9.59 Å². The summed E-state index contributed by atoms with van der Waals surface area (Å²) in [5.41, 5.74) is 5.17. The Labute approximate surface area is 148 Å². The van der Waals surface area contributed by atoms with Crippen molar-refractivity contribution in [3.05, 3.63) is 59.2 Å². The molecule has 0 spiro atoms. The topological polar surface area (TPSA) is 49.4 Å². The van der Waals surface area contributed by atoms with Crippen LogP contribution >= 0.6 is 0 Å². The Balaban J connectivity index is 1.65. The van der Waals surface area contributed by atoms with E-state index in [2.05, 4.69) is 36.5 Å². The summed E-state index contributed by atoms with van der Waals surface area (Å²) in [7, 11) is 0. The third kappa shape index (κ3) is 3.90. The molecule has 0 saturated carbocycles. The minimum absolute atomic E-state index is 0.0106. The van der Waals surface area contributed by atoms with Gasteiger partial charge in [0, 0.05) is 19.9 Å².